The molecule has 0 aliphatic carbocycles. The molecule has 42 heavy (non-hydrogen) atoms. The molecule has 10 heteroatoms. The standard InChI is InChI=1S/C32H33F3N6O/c1-20(2)24-8-4-5-9-25(24)30-31-26(40(19-37-31)29-10-6-7-15-42-29)17-28(38-30)36-18-22-11-13-23(14-12-22)41-21(3)16-27(39-41)32(33,34)35/h4-5,8-9,11-14,16-17,19-20,29H,6-7,10,15,18H2,1-3H3,(H,36,38). The molecule has 1 N–H and O–H groups in total. The highest BCUT2D eigenvalue weighted by Crippen LogP contribution is 2.36. The van der Waals surface area contributed by atoms with Gasteiger partial charge in [0.2, 0.25) is 0 Å². The van der Waals surface area contributed by atoms with Gasteiger partial charge in [0.1, 0.15) is 23.3 Å². The van der Waals surface area contributed by atoms with Crippen LogP contribution in [0.4, 0.5) is 19.0 Å². The van der Waals surface area contributed by atoms with E-state index in [1.165, 1.54) is 10.2 Å². The monoisotopic (exact) mass is 574 g/mol. The Morgan fingerprint density at radius 1 is 1.05 bits per heavy atom. The quantitative estimate of drug-likeness (QED) is 0.213. The largest absolute Gasteiger partial charge is 0.435 e. The van der Waals surface area contributed by atoms with E-state index in [1.54, 1.807) is 19.1 Å². The molecule has 0 amide bonds. The van der Waals surface area contributed by atoms with Crippen molar-refractivity contribution in [1.29, 1.82) is 0 Å². The van der Waals surface area contributed by atoms with Gasteiger partial charge < -0.3 is 14.6 Å². The van der Waals surface area contributed by atoms with Crippen LogP contribution in [0.5, 0.6) is 0 Å². The third-order valence-electron chi connectivity index (χ3n) is 7.70. The number of hydrogen-bond acceptors (Lipinski definition) is 5. The van der Waals surface area contributed by atoms with Gasteiger partial charge >= 0.3 is 6.18 Å². The Kier molecular flexibility index (Phi) is 7.49. The second-order valence-electron chi connectivity index (χ2n) is 11.0. The molecular formula is C32H33F3N6O. The van der Waals surface area contributed by atoms with Gasteiger partial charge in [-0.15, -0.1) is 0 Å². The number of imidazole rings is 1. The molecule has 2 aromatic carbocycles. The number of halogens is 3. The molecule has 1 aliphatic rings. The highest BCUT2D eigenvalue weighted by atomic mass is 19.4. The van der Waals surface area contributed by atoms with Crippen molar-refractivity contribution >= 4 is 16.9 Å². The average molecular weight is 575 g/mol. The summed E-state index contributed by atoms with van der Waals surface area (Å²) in [6, 6.07) is 18.7. The second kappa shape index (κ2) is 11.2. The lowest BCUT2D eigenvalue weighted by molar-refractivity contribution is -0.141. The van der Waals surface area contributed by atoms with Crippen LogP contribution in [0.3, 0.4) is 0 Å². The molecule has 1 fully saturated rings. The van der Waals surface area contributed by atoms with Gasteiger partial charge in [-0.3, -0.25) is 0 Å². The summed E-state index contributed by atoms with van der Waals surface area (Å²) in [6.45, 7) is 7.16. The van der Waals surface area contributed by atoms with Crippen molar-refractivity contribution in [3.05, 3.63) is 89.5 Å². The van der Waals surface area contributed by atoms with E-state index >= 15 is 0 Å². The molecule has 0 spiro atoms. The maximum absolute atomic E-state index is 13.1. The van der Waals surface area contributed by atoms with Crippen LogP contribution in [0.25, 0.3) is 28.0 Å². The molecule has 1 unspecified atom stereocenters. The van der Waals surface area contributed by atoms with Crippen molar-refractivity contribution in [2.75, 3.05) is 11.9 Å². The number of aryl methyl sites for hydroxylation is 1. The Morgan fingerprint density at radius 2 is 1.83 bits per heavy atom. The van der Waals surface area contributed by atoms with Crippen LogP contribution < -0.4 is 5.32 Å². The zero-order valence-corrected chi connectivity index (χ0v) is 23.8. The van der Waals surface area contributed by atoms with Gasteiger partial charge in [-0.1, -0.05) is 50.2 Å². The lowest BCUT2D eigenvalue weighted by atomic mass is 9.94. The summed E-state index contributed by atoms with van der Waals surface area (Å²) >= 11 is 0. The van der Waals surface area contributed by atoms with Gasteiger partial charge in [-0.2, -0.15) is 18.3 Å². The fraction of sp³-hybridized carbons (Fsp3) is 0.344. The molecule has 0 saturated carbocycles. The first-order chi connectivity index (χ1) is 20.2. The Balaban J connectivity index is 1.32. The third kappa shape index (κ3) is 5.51. The number of benzene rings is 2. The van der Waals surface area contributed by atoms with Crippen LogP contribution in [0.1, 0.15) is 67.8 Å². The van der Waals surface area contributed by atoms with Crippen LogP contribution in [0.2, 0.25) is 0 Å². The van der Waals surface area contributed by atoms with Crippen LogP contribution in [0, 0.1) is 6.92 Å². The van der Waals surface area contributed by atoms with Crippen LogP contribution in [-0.4, -0.2) is 30.9 Å². The number of alkyl halides is 3. The Labute approximate surface area is 242 Å². The summed E-state index contributed by atoms with van der Waals surface area (Å²) in [5.41, 5.74) is 5.89. The van der Waals surface area contributed by atoms with Crippen molar-refractivity contribution in [1.82, 2.24) is 24.3 Å². The molecule has 6 rings (SSSR count). The van der Waals surface area contributed by atoms with Gasteiger partial charge in [0, 0.05) is 30.5 Å². The van der Waals surface area contributed by atoms with E-state index in [-0.39, 0.29) is 6.23 Å². The highest BCUT2D eigenvalue weighted by molar-refractivity contribution is 5.92. The molecule has 4 heterocycles. The zero-order valence-electron chi connectivity index (χ0n) is 23.8. The number of nitrogens with zero attached hydrogens (tertiary/aromatic N) is 5. The summed E-state index contributed by atoms with van der Waals surface area (Å²) in [4.78, 5) is 9.85. The summed E-state index contributed by atoms with van der Waals surface area (Å²) in [7, 11) is 0. The third-order valence-corrected chi connectivity index (χ3v) is 7.70. The van der Waals surface area contributed by atoms with E-state index in [1.807, 2.05) is 36.7 Å². The number of aromatic nitrogens is 5. The Hall–Kier alpha value is -4.18. The van der Waals surface area contributed by atoms with Crippen molar-refractivity contribution in [3.63, 3.8) is 0 Å². The van der Waals surface area contributed by atoms with E-state index in [9.17, 15) is 13.2 Å². The number of hydrogen-bond donors (Lipinski definition) is 1. The number of fused-ring (bicyclic) bond motifs is 1. The lowest BCUT2D eigenvalue weighted by Crippen LogP contribution is -2.17. The molecule has 0 radical (unpaired) electrons. The van der Waals surface area contributed by atoms with Crippen molar-refractivity contribution in [2.45, 2.75) is 64.9 Å². The maximum atomic E-state index is 13.1. The minimum absolute atomic E-state index is 0.0663. The predicted octanol–water partition coefficient (Wildman–Crippen LogP) is 8.05. The van der Waals surface area contributed by atoms with Gasteiger partial charge in [0.15, 0.2) is 5.69 Å². The molecule has 0 bridgehead atoms. The van der Waals surface area contributed by atoms with E-state index in [2.05, 4.69) is 41.0 Å². The summed E-state index contributed by atoms with van der Waals surface area (Å²) in [5, 5.41) is 7.21. The first-order valence-electron chi connectivity index (χ1n) is 14.2. The SMILES string of the molecule is Cc1cc(C(F)(F)F)nn1-c1ccc(CNc2cc3c(ncn3C3CCCCO3)c(-c3ccccc3C(C)C)n2)cc1. The van der Waals surface area contributed by atoms with E-state index in [0.29, 0.717) is 29.7 Å². The zero-order chi connectivity index (χ0) is 29.4. The summed E-state index contributed by atoms with van der Waals surface area (Å²) < 4.78 is 48.9. The van der Waals surface area contributed by atoms with Crippen LogP contribution in [-0.2, 0) is 17.5 Å². The van der Waals surface area contributed by atoms with Gasteiger partial charge in [-0.05, 0) is 61.4 Å². The number of anilines is 1. The molecule has 1 saturated heterocycles. The maximum Gasteiger partial charge on any atom is 0.435 e. The van der Waals surface area contributed by atoms with Gasteiger partial charge in [-0.25, -0.2) is 14.6 Å². The van der Waals surface area contributed by atoms with E-state index < -0.39 is 11.9 Å². The molecule has 218 valence electrons. The Bertz CT molecular complexity index is 1700. The predicted molar refractivity (Wildman–Crippen MR) is 157 cm³/mol. The summed E-state index contributed by atoms with van der Waals surface area (Å²) in [6.07, 6.45) is 0.404. The van der Waals surface area contributed by atoms with E-state index in [0.717, 1.165) is 59.8 Å². The van der Waals surface area contributed by atoms with Crippen molar-refractivity contribution in [3.8, 4) is 16.9 Å². The van der Waals surface area contributed by atoms with Crippen LogP contribution >= 0.6 is 0 Å². The fourth-order valence-electron chi connectivity index (χ4n) is 5.52. The van der Waals surface area contributed by atoms with E-state index in [4.69, 9.17) is 14.7 Å². The fourth-order valence-corrected chi connectivity index (χ4v) is 5.52. The normalized spacial score (nSPS) is 15.9. The average Bonchev–Trinajstić information content (AvgIpc) is 3.60. The minimum Gasteiger partial charge on any atom is -0.366 e. The molecule has 7 nitrogen and oxygen atoms in total. The molecule has 1 aliphatic heterocycles. The number of ether oxygens (including phenoxy) is 1. The molecular weight excluding hydrogens is 541 g/mol. The van der Waals surface area contributed by atoms with Crippen molar-refractivity contribution < 1.29 is 17.9 Å². The number of pyridine rings is 1. The topological polar surface area (TPSA) is 69.8 Å². The highest BCUT2D eigenvalue weighted by Gasteiger charge is 2.34. The molecule has 5 aromatic rings. The molecule has 1 atom stereocenters. The summed E-state index contributed by atoms with van der Waals surface area (Å²) in [5.74, 6) is 1.01. The van der Waals surface area contributed by atoms with Gasteiger partial charge in [0.25, 0.3) is 0 Å². The first kappa shape index (κ1) is 28.0. The number of rotatable bonds is 7. The lowest BCUT2D eigenvalue weighted by Gasteiger charge is -2.24. The Morgan fingerprint density at radius 3 is 2.52 bits per heavy atom. The minimum atomic E-state index is -4.49. The van der Waals surface area contributed by atoms with Gasteiger partial charge in [0.05, 0.1) is 17.5 Å². The van der Waals surface area contributed by atoms with Crippen molar-refractivity contribution in [2.24, 2.45) is 0 Å². The number of nitrogens with one attached hydrogen (secondary N) is 1. The first-order valence-corrected chi connectivity index (χ1v) is 14.2. The van der Waals surface area contributed by atoms with Crippen LogP contribution in [0.15, 0.2) is 67.0 Å². The smallest absolute Gasteiger partial charge is 0.366 e. The second-order valence-corrected chi connectivity index (χ2v) is 11.0. The molecule has 3 aromatic heterocycles.